The Morgan fingerprint density at radius 3 is 2.76 bits per heavy atom. The van der Waals surface area contributed by atoms with E-state index in [4.69, 9.17) is 4.99 Å². The van der Waals surface area contributed by atoms with E-state index < -0.39 is 0 Å². The van der Waals surface area contributed by atoms with Crippen molar-refractivity contribution in [3.63, 3.8) is 0 Å². The second kappa shape index (κ2) is 9.22. The monoisotopic (exact) mass is 348 g/mol. The smallest absolute Gasteiger partial charge is 0.193 e. The molecule has 2 atom stereocenters. The Morgan fingerprint density at radius 2 is 2.20 bits per heavy atom. The first-order chi connectivity index (χ1) is 11.9. The summed E-state index contributed by atoms with van der Waals surface area (Å²) in [5.41, 5.74) is 1.21. The van der Waals surface area contributed by atoms with Crippen molar-refractivity contribution in [2.24, 2.45) is 23.9 Å². The molecule has 1 aromatic rings. The Bertz CT molecular complexity index is 548. The molecular formula is C19H36N6. The number of guanidine groups is 1. The third kappa shape index (κ3) is 5.73. The van der Waals surface area contributed by atoms with Crippen LogP contribution in [-0.4, -0.2) is 65.8 Å². The van der Waals surface area contributed by atoms with Crippen LogP contribution in [0.5, 0.6) is 0 Å². The molecule has 1 saturated heterocycles. The molecule has 25 heavy (non-hydrogen) atoms. The van der Waals surface area contributed by atoms with Gasteiger partial charge in [-0.05, 0) is 45.7 Å². The third-order valence-electron chi connectivity index (χ3n) is 4.87. The summed E-state index contributed by atoms with van der Waals surface area (Å²) in [5, 5.41) is 7.80. The van der Waals surface area contributed by atoms with Gasteiger partial charge in [-0.1, -0.05) is 13.8 Å². The van der Waals surface area contributed by atoms with Gasteiger partial charge in [0, 0.05) is 38.4 Å². The van der Waals surface area contributed by atoms with Gasteiger partial charge in [-0.15, -0.1) is 0 Å². The van der Waals surface area contributed by atoms with E-state index in [1.54, 1.807) is 0 Å². The number of aromatic nitrogens is 2. The quantitative estimate of drug-likeness (QED) is 0.607. The van der Waals surface area contributed by atoms with Gasteiger partial charge in [0.2, 0.25) is 0 Å². The lowest BCUT2D eigenvalue weighted by Crippen LogP contribution is -2.40. The molecule has 0 aliphatic carbocycles. The summed E-state index contributed by atoms with van der Waals surface area (Å²) in [5.74, 6) is 2.63. The minimum Gasteiger partial charge on any atom is -0.357 e. The molecule has 1 N–H and O–H groups in total. The van der Waals surface area contributed by atoms with Gasteiger partial charge in [0.05, 0.1) is 18.8 Å². The van der Waals surface area contributed by atoms with Crippen molar-refractivity contribution in [1.82, 2.24) is 24.9 Å². The zero-order valence-corrected chi connectivity index (χ0v) is 16.9. The Balaban J connectivity index is 2.05. The summed E-state index contributed by atoms with van der Waals surface area (Å²) in [6.45, 7) is 10.7. The fraction of sp³-hybridized carbons (Fsp3) is 0.789. The molecule has 0 saturated carbocycles. The molecule has 1 aromatic heterocycles. The maximum Gasteiger partial charge on any atom is 0.193 e. The lowest BCUT2D eigenvalue weighted by atomic mass is 9.97. The molecule has 2 rings (SSSR count). The first-order valence-electron chi connectivity index (χ1n) is 9.58. The number of likely N-dealkylation sites (N-methyl/N-ethyl adjacent to an activating group) is 1. The predicted octanol–water partition coefficient (Wildman–Crippen LogP) is 2.36. The molecular weight excluding hydrogens is 312 g/mol. The topological polar surface area (TPSA) is 48.7 Å². The number of aryl methyl sites for hydroxylation is 1. The van der Waals surface area contributed by atoms with E-state index >= 15 is 0 Å². The van der Waals surface area contributed by atoms with Crippen LogP contribution >= 0.6 is 0 Å². The molecule has 0 amide bonds. The average molecular weight is 349 g/mol. The summed E-state index contributed by atoms with van der Waals surface area (Å²) in [4.78, 5) is 9.62. The van der Waals surface area contributed by atoms with Gasteiger partial charge in [0.1, 0.15) is 0 Å². The lowest BCUT2D eigenvalue weighted by Gasteiger charge is -2.25. The second-order valence-corrected chi connectivity index (χ2v) is 7.85. The van der Waals surface area contributed by atoms with Crippen LogP contribution in [0.15, 0.2) is 17.4 Å². The maximum atomic E-state index is 4.97. The average Bonchev–Trinajstić information content (AvgIpc) is 3.15. The molecule has 2 heterocycles. The van der Waals surface area contributed by atoms with Crippen molar-refractivity contribution in [1.29, 1.82) is 0 Å². The zero-order chi connectivity index (χ0) is 18.4. The van der Waals surface area contributed by atoms with Crippen molar-refractivity contribution in [3.05, 3.63) is 18.0 Å². The Kier molecular flexibility index (Phi) is 7.29. The molecule has 1 fully saturated rings. The number of likely N-dealkylation sites (tertiary alicyclic amines) is 1. The van der Waals surface area contributed by atoms with Crippen LogP contribution in [0.2, 0.25) is 0 Å². The zero-order valence-electron chi connectivity index (χ0n) is 16.9. The van der Waals surface area contributed by atoms with Crippen LogP contribution in [-0.2, 0) is 7.05 Å². The van der Waals surface area contributed by atoms with E-state index in [1.165, 1.54) is 18.4 Å². The highest BCUT2D eigenvalue weighted by atomic mass is 15.3. The third-order valence-corrected chi connectivity index (χ3v) is 4.87. The van der Waals surface area contributed by atoms with E-state index in [9.17, 15) is 0 Å². The molecule has 0 radical (unpaired) electrons. The number of hydrogen-bond donors (Lipinski definition) is 1. The lowest BCUT2D eigenvalue weighted by molar-refractivity contribution is 0.305. The molecule has 1 aliphatic rings. The number of rotatable bonds is 7. The molecule has 0 spiro atoms. The van der Waals surface area contributed by atoms with Crippen molar-refractivity contribution >= 4 is 5.96 Å². The minimum atomic E-state index is 0.247. The number of aliphatic imine (C=N–C) groups is 1. The highest BCUT2D eigenvalue weighted by Gasteiger charge is 2.25. The standard InChI is InChI=1S/C19H36N6/c1-7-20-19(25-9-8-16(13-25)10-15(2)3)21-12-18(23(4)5)17-11-22-24(6)14-17/h11,14-16,18H,7-10,12-13H2,1-6H3,(H,20,21). The van der Waals surface area contributed by atoms with Crippen molar-refractivity contribution < 1.29 is 0 Å². The molecule has 142 valence electrons. The van der Waals surface area contributed by atoms with Gasteiger partial charge >= 0.3 is 0 Å². The molecule has 2 unspecified atom stereocenters. The second-order valence-electron chi connectivity index (χ2n) is 7.85. The number of hydrogen-bond acceptors (Lipinski definition) is 3. The first kappa shape index (κ1) is 19.8. The van der Waals surface area contributed by atoms with Crippen molar-refractivity contribution in [2.45, 2.75) is 39.7 Å². The van der Waals surface area contributed by atoms with E-state index in [2.05, 4.69) is 61.3 Å². The van der Waals surface area contributed by atoms with Gasteiger partial charge in [-0.2, -0.15) is 5.10 Å². The van der Waals surface area contributed by atoms with E-state index in [-0.39, 0.29) is 6.04 Å². The highest BCUT2D eigenvalue weighted by molar-refractivity contribution is 5.80. The highest BCUT2D eigenvalue weighted by Crippen LogP contribution is 2.24. The summed E-state index contributed by atoms with van der Waals surface area (Å²) in [6.07, 6.45) is 6.62. The fourth-order valence-corrected chi connectivity index (χ4v) is 3.66. The summed E-state index contributed by atoms with van der Waals surface area (Å²) in [6, 6.07) is 0.247. The summed E-state index contributed by atoms with van der Waals surface area (Å²) >= 11 is 0. The fourth-order valence-electron chi connectivity index (χ4n) is 3.66. The summed E-state index contributed by atoms with van der Waals surface area (Å²) < 4.78 is 1.86. The van der Waals surface area contributed by atoms with Crippen LogP contribution in [0, 0.1) is 11.8 Å². The summed E-state index contributed by atoms with van der Waals surface area (Å²) in [7, 11) is 6.17. The molecule has 6 heteroatoms. The SMILES string of the molecule is CCNC(=NCC(c1cnn(C)c1)N(C)C)N1CCC(CC(C)C)C1. The molecule has 6 nitrogen and oxygen atoms in total. The molecule has 0 aromatic carbocycles. The van der Waals surface area contributed by atoms with Crippen molar-refractivity contribution in [2.75, 3.05) is 40.3 Å². The Morgan fingerprint density at radius 1 is 1.44 bits per heavy atom. The van der Waals surface area contributed by atoms with Crippen LogP contribution in [0.3, 0.4) is 0 Å². The van der Waals surface area contributed by atoms with Crippen molar-refractivity contribution in [3.8, 4) is 0 Å². The van der Waals surface area contributed by atoms with E-state index in [0.29, 0.717) is 0 Å². The Labute approximate surface area is 153 Å². The van der Waals surface area contributed by atoms with Gasteiger partial charge in [0.25, 0.3) is 0 Å². The van der Waals surface area contributed by atoms with Crippen LogP contribution in [0.1, 0.15) is 45.2 Å². The largest absolute Gasteiger partial charge is 0.357 e. The first-order valence-corrected chi connectivity index (χ1v) is 9.58. The normalized spacial score (nSPS) is 19.9. The van der Waals surface area contributed by atoms with Gasteiger partial charge in [-0.25, -0.2) is 0 Å². The van der Waals surface area contributed by atoms with E-state index in [0.717, 1.165) is 44.0 Å². The van der Waals surface area contributed by atoms with E-state index in [1.807, 2.05) is 17.9 Å². The Hall–Kier alpha value is -1.56. The number of nitrogens with zero attached hydrogens (tertiary/aromatic N) is 5. The van der Waals surface area contributed by atoms with Gasteiger partial charge in [-0.3, -0.25) is 9.67 Å². The molecule has 0 bridgehead atoms. The van der Waals surface area contributed by atoms with Crippen LogP contribution < -0.4 is 5.32 Å². The number of nitrogens with one attached hydrogen (secondary N) is 1. The maximum absolute atomic E-state index is 4.97. The molecule has 1 aliphatic heterocycles. The minimum absolute atomic E-state index is 0.247. The van der Waals surface area contributed by atoms with Gasteiger partial charge in [0.15, 0.2) is 5.96 Å². The predicted molar refractivity (Wildman–Crippen MR) is 105 cm³/mol. The van der Waals surface area contributed by atoms with Crippen LogP contribution in [0.25, 0.3) is 0 Å². The van der Waals surface area contributed by atoms with Crippen LogP contribution in [0.4, 0.5) is 0 Å². The van der Waals surface area contributed by atoms with Gasteiger partial charge < -0.3 is 15.1 Å².